The number of aromatic nitrogens is 1. The number of anilines is 1. The number of rotatable bonds is 5. The van der Waals surface area contributed by atoms with Crippen LogP contribution in [0.5, 0.6) is 11.5 Å². The molecule has 0 radical (unpaired) electrons. The molecule has 0 spiro atoms. The molecule has 1 amide bonds. The van der Waals surface area contributed by atoms with Crippen LogP contribution < -0.4 is 20.1 Å². The van der Waals surface area contributed by atoms with Crippen LogP contribution >= 0.6 is 23.6 Å². The fourth-order valence-corrected chi connectivity index (χ4v) is 4.53. The Hall–Kier alpha value is -3.17. The van der Waals surface area contributed by atoms with Gasteiger partial charge in [0, 0.05) is 12.6 Å². The van der Waals surface area contributed by atoms with E-state index in [1.54, 1.807) is 18.2 Å². The molecule has 0 fully saturated rings. The van der Waals surface area contributed by atoms with Crippen LogP contribution in [-0.4, -0.2) is 23.1 Å². The van der Waals surface area contributed by atoms with E-state index < -0.39 is 12.1 Å². The number of hydrogen-bond donors (Lipinski definition) is 2. The van der Waals surface area contributed by atoms with Gasteiger partial charge in [0.25, 0.3) is 5.91 Å². The van der Waals surface area contributed by atoms with E-state index in [1.807, 2.05) is 41.8 Å². The lowest BCUT2D eigenvalue weighted by Gasteiger charge is -2.27. The number of esters is 1. The molecule has 0 saturated carbocycles. The standard InChI is InChI=1S/C21H19N3O4S2/c1-3-27-16-11-13(9-10-15(16)28-12(2)25)18-22-19-17(20(26)23-18)30-21(29)24(19)14-7-5-4-6-8-14/h4-11,18,22H,3H2,1-2H3,(H,23,26)/t18-/m0/s1. The van der Waals surface area contributed by atoms with Crippen LogP contribution in [0.1, 0.15) is 35.2 Å². The minimum atomic E-state index is -0.505. The van der Waals surface area contributed by atoms with Gasteiger partial charge < -0.3 is 20.1 Å². The normalized spacial score (nSPS) is 15.0. The molecule has 1 aromatic heterocycles. The molecule has 7 nitrogen and oxygen atoms in total. The number of benzene rings is 2. The Morgan fingerprint density at radius 2 is 1.93 bits per heavy atom. The molecule has 2 aromatic carbocycles. The zero-order valence-electron chi connectivity index (χ0n) is 16.3. The van der Waals surface area contributed by atoms with Crippen molar-refractivity contribution in [1.82, 2.24) is 9.88 Å². The van der Waals surface area contributed by atoms with E-state index >= 15 is 0 Å². The highest BCUT2D eigenvalue weighted by atomic mass is 32.1. The second-order valence-corrected chi connectivity index (χ2v) is 8.14. The molecule has 0 bridgehead atoms. The average Bonchev–Trinajstić information content (AvgIpc) is 3.06. The van der Waals surface area contributed by atoms with Gasteiger partial charge in [-0.2, -0.15) is 0 Å². The molecule has 30 heavy (non-hydrogen) atoms. The Morgan fingerprint density at radius 3 is 2.63 bits per heavy atom. The van der Waals surface area contributed by atoms with Gasteiger partial charge in [-0.15, -0.1) is 0 Å². The van der Waals surface area contributed by atoms with Gasteiger partial charge in [-0.1, -0.05) is 35.6 Å². The highest BCUT2D eigenvalue weighted by Crippen LogP contribution is 2.36. The number of carbonyl (C=O) groups is 2. The summed E-state index contributed by atoms with van der Waals surface area (Å²) in [6, 6.07) is 14.8. The van der Waals surface area contributed by atoms with Gasteiger partial charge in [-0.05, 0) is 49.0 Å². The van der Waals surface area contributed by atoms with E-state index in [9.17, 15) is 9.59 Å². The Morgan fingerprint density at radius 1 is 1.17 bits per heavy atom. The summed E-state index contributed by atoms with van der Waals surface area (Å²) in [5.74, 6) is 0.766. The molecule has 3 aromatic rings. The van der Waals surface area contributed by atoms with Crippen molar-refractivity contribution < 1.29 is 19.1 Å². The molecular weight excluding hydrogens is 422 g/mol. The first kappa shape index (κ1) is 20.1. The molecule has 1 aliphatic heterocycles. The molecule has 9 heteroatoms. The Kier molecular flexibility index (Phi) is 5.56. The number of hydrogen-bond acceptors (Lipinski definition) is 7. The number of fused-ring (bicyclic) bond motifs is 1. The number of thiazole rings is 1. The van der Waals surface area contributed by atoms with Crippen LogP contribution in [0.3, 0.4) is 0 Å². The first-order valence-corrected chi connectivity index (χ1v) is 10.5. The van der Waals surface area contributed by atoms with Crippen molar-refractivity contribution >= 4 is 41.2 Å². The van der Waals surface area contributed by atoms with E-state index in [-0.39, 0.29) is 5.91 Å². The summed E-state index contributed by atoms with van der Waals surface area (Å²) in [5, 5.41) is 6.32. The number of ether oxygens (including phenoxy) is 2. The summed E-state index contributed by atoms with van der Waals surface area (Å²) in [5.41, 5.74) is 1.63. The lowest BCUT2D eigenvalue weighted by molar-refractivity contribution is -0.132. The van der Waals surface area contributed by atoms with Crippen molar-refractivity contribution in [1.29, 1.82) is 0 Å². The average molecular weight is 442 g/mol. The van der Waals surface area contributed by atoms with E-state index in [0.717, 1.165) is 11.3 Å². The summed E-state index contributed by atoms with van der Waals surface area (Å²) in [4.78, 5) is 24.7. The van der Waals surface area contributed by atoms with Crippen molar-refractivity contribution in [3.63, 3.8) is 0 Å². The molecule has 0 aliphatic carbocycles. The fourth-order valence-electron chi connectivity index (χ4n) is 3.22. The predicted octanol–water partition coefficient (Wildman–Crippen LogP) is 4.45. The van der Waals surface area contributed by atoms with Gasteiger partial charge in [0.2, 0.25) is 0 Å². The molecule has 2 N–H and O–H groups in total. The molecule has 1 atom stereocenters. The summed E-state index contributed by atoms with van der Waals surface area (Å²) in [7, 11) is 0. The van der Waals surface area contributed by atoms with Crippen LogP contribution in [-0.2, 0) is 4.79 Å². The van der Waals surface area contributed by atoms with Gasteiger partial charge in [-0.25, -0.2) is 0 Å². The van der Waals surface area contributed by atoms with Crippen LogP contribution in [0.25, 0.3) is 5.69 Å². The molecule has 0 saturated heterocycles. The fraction of sp³-hybridized carbons (Fsp3) is 0.190. The van der Waals surface area contributed by atoms with E-state index in [1.165, 1.54) is 18.3 Å². The third kappa shape index (κ3) is 3.81. The quantitative estimate of drug-likeness (QED) is 0.346. The maximum atomic E-state index is 12.8. The smallest absolute Gasteiger partial charge is 0.308 e. The maximum absolute atomic E-state index is 12.8. The van der Waals surface area contributed by atoms with Crippen molar-refractivity contribution in [3.8, 4) is 17.2 Å². The third-order valence-electron chi connectivity index (χ3n) is 4.44. The number of para-hydroxylation sites is 1. The Bertz CT molecular complexity index is 1170. The van der Waals surface area contributed by atoms with Crippen LogP contribution in [0.2, 0.25) is 0 Å². The number of nitrogens with zero attached hydrogens (tertiary/aromatic N) is 1. The Labute approximate surface area is 182 Å². The predicted molar refractivity (Wildman–Crippen MR) is 117 cm³/mol. The molecule has 4 rings (SSSR count). The minimum Gasteiger partial charge on any atom is -0.490 e. The zero-order chi connectivity index (χ0) is 21.3. The first-order chi connectivity index (χ1) is 14.5. The van der Waals surface area contributed by atoms with Gasteiger partial charge in [-0.3, -0.25) is 14.2 Å². The second-order valence-electron chi connectivity index (χ2n) is 6.50. The molecule has 154 valence electrons. The maximum Gasteiger partial charge on any atom is 0.308 e. The van der Waals surface area contributed by atoms with Gasteiger partial charge in [0.05, 0.1) is 6.61 Å². The SMILES string of the molecule is CCOc1cc([C@@H]2NC(=O)c3sc(=S)n(-c4ccccc4)c3N2)ccc1OC(C)=O. The molecule has 0 unspecified atom stereocenters. The molecule has 1 aliphatic rings. The largest absolute Gasteiger partial charge is 0.490 e. The molecule has 2 heterocycles. The Balaban J connectivity index is 1.73. The zero-order valence-corrected chi connectivity index (χ0v) is 17.9. The van der Waals surface area contributed by atoms with Crippen LogP contribution in [0, 0.1) is 3.95 Å². The lowest BCUT2D eigenvalue weighted by atomic mass is 10.1. The van der Waals surface area contributed by atoms with E-state index in [4.69, 9.17) is 21.7 Å². The summed E-state index contributed by atoms with van der Waals surface area (Å²) < 4.78 is 13.3. The minimum absolute atomic E-state index is 0.207. The highest BCUT2D eigenvalue weighted by molar-refractivity contribution is 7.73. The third-order valence-corrected chi connectivity index (χ3v) is 5.82. The van der Waals surface area contributed by atoms with Gasteiger partial charge in [0.15, 0.2) is 15.5 Å². The van der Waals surface area contributed by atoms with Gasteiger partial charge in [0.1, 0.15) is 16.9 Å². The number of nitrogens with one attached hydrogen (secondary N) is 2. The summed E-state index contributed by atoms with van der Waals surface area (Å²) in [6.07, 6.45) is -0.505. The van der Waals surface area contributed by atoms with Crippen molar-refractivity contribution in [2.45, 2.75) is 20.0 Å². The first-order valence-electron chi connectivity index (χ1n) is 9.31. The van der Waals surface area contributed by atoms with E-state index in [0.29, 0.717) is 32.8 Å². The number of amides is 1. The van der Waals surface area contributed by atoms with E-state index in [2.05, 4.69) is 10.6 Å². The van der Waals surface area contributed by atoms with Gasteiger partial charge >= 0.3 is 5.97 Å². The molecular formula is C21H19N3O4S2. The topological polar surface area (TPSA) is 81.6 Å². The second kappa shape index (κ2) is 8.29. The van der Waals surface area contributed by atoms with Crippen LogP contribution in [0.15, 0.2) is 48.5 Å². The van der Waals surface area contributed by atoms with Crippen molar-refractivity contribution in [3.05, 3.63) is 62.9 Å². The summed E-state index contributed by atoms with van der Waals surface area (Å²) >= 11 is 6.78. The monoisotopic (exact) mass is 441 g/mol. The highest BCUT2D eigenvalue weighted by Gasteiger charge is 2.30. The van der Waals surface area contributed by atoms with Crippen molar-refractivity contribution in [2.24, 2.45) is 0 Å². The summed E-state index contributed by atoms with van der Waals surface area (Å²) in [6.45, 7) is 3.58. The lowest BCUT2D eigenvalue weighted by Crippen LogP contribution is -2.38. The van der Waals surface area contributed by atoms with Crippen LogP contribution in [0.4, 0.5) is 5.82 Å². The van der Waals surface area contributed by atoms with Crippen molar-refractivity contribution in [2.75, 3.05) is 11.9 Å². The number of carbonyl (C=O) groups excluding carboxylic acids is 2.